The maximum atomic E-state index is 15.9. The number of carboxylic acid groups (broad SMARTS) is 1. The molecule has 10 heteroatoms. The van der Waals surface area contributed by atoms with Crippen LogP contribution in [0.15, 0.2) is 53.3 Å². The van der Waals surface area contributed by atoms with Gasteiger partial charge in [-0.15, -0.1) is 0 Å². The lowest BCUT2D eigenvalue weighted by Crippen LogP contribution is -2.41. The van der Waals surface area contributed by atoms with Gasteiger partial charge < -0.3 is 20.2 Å². The molecule has 0 fully saturated rings. The van der Waals surface area contributed by atoms with Crippen LogP contribution in [0, 0.1) is 5.82 Å². The Morgan fingerprint density at radius 2 is 1.74 bits per heavy atom. The molecule has 0 amide bonds. The molecule has 2 atom stereocenters. The molecular weight excluding hydrogens is 473 g/mol. The summed E-state index contributed by atoms with van der Waals surface area (Å²) in [7, 11) is 0. The molecule has 1 aliphatic rings. The van der Waals surface area contributed by atoms with E-state index in [-0.39, 0.29) is 32.8 Å². The third kappa shape index (κ3) is 2.93. The second kappa shape index (κ2) is 7.22. The van der Waals surface area contributed by atoms with Crippen molar-refractivity contribution in [2.75, 3.05) is 0 Å². The lowest BCUT2D eigenvalue weighted by Gasteiger charge is -2.34. The first kappa shape index (κ1) is 22.2. The summed E-state index contributed by atoms with van der Waals surface area (Å²) in [5, 5.41) is 20.4. The number of halogens is 4. The fourth-order valence-electron chi connectivity index (χ4n) is 4.74. The Kier molecular flexibility index (Phi) is 4.72. The quantitative estimate of drug-likeness (QED) is 0.321. The SMILES string of the molecule is CC1c2c(Cl)cc(-c3ccc(C(=O)O)c(F)c3)cc2C(F)(F)C1(O)c1ccc2[nH]c(=O)[nH]c2c1. The van der Waals surface area contributed by atoms with E-state index in [9.17, 15) is 19.1 Å². The maximum absolute atomic E-state index is 15.9. The van der Waals surface area contributed by atoms with E-state index in [1.54, 1.807) is 0 Å². The van der Waals surface area contributed by atoms with Crippen LogP contribution in [-0.4, -0.2) is 26.2 Å². The van der Waals surface area contributed by atoms with E-state index in [1.165, 1.54) is 37.3 Å². The Labute approximate surface area is 194 Å². The lowest BCUT2D eigenvalue weighted by atomic mass is 9.81. The standard InChI is InChI=1S/C24H16ClF3N2O4/c1-10-20-15(6-12(7-16(20)25)11-2-4-14(21(31)32)17(26)8-11)24(27,28)23(10,34)13-3-5-18-19(9-13)30-22(33)29-18/h2-10,34H,1H3,(H,31,32)(H2,29,30,33). The molecular formula is C24H16ClF3N2O4. The van der Waals surface area contributed by atoms with Crippen LogP contribution in [0.1, 0.15) is 39.9 Å². The Balaban J connectivity index is 1.67. The van der Waals surface area contributed by atoms with Crippen molar-refractivity contribution in [2.45, 2.75) is 24.4 Å². The average Bonchev–Trinajstić information content (AvgIpc) is 3.22. The molecule has 6 nitrogen and oxygen atoms in total. The molecule has 4 aromatic rings. The third-order valence-corrected chi connectivity index (χ3v) is 6.81. The first-order valence-corrected chi connectivity index (χ1v) is 10.5. The van der Waals surface area contributed by atoms with Crippen molar-refractivity contribution in [3.05, 3.63) is 92.1 Å². The minimum Gasteiger partial charge on any atom is -0.478 e. The number of alkyl halides is 2. The molecule has 0 spiro atoms. The van der Waals surface area contributed by atoms with E-state index < -0.39 is 46.0 Å². The van der Waals surface area contributed by atoms with Crippen molar-refractivity contribution in [2.24, 2.45) is 0 Å². The van der Waals surface area contributed by atoms with Crippen LogP contribution in [-0.2, 0) is 11.5 Å². The third-order valence-electron chi connectivity index (χ3n) is 6.50. The summed E-state index contributed by atoms with van der Waals surface area (Å²) in [6.07, 6.45) is 0. The van der Waals surface area contributed by atoms with Gasteiger partial charge in [0, 0.05) is 16.5 Å². The molecule has 174 valence electrons. The highest BCUT2D eigenvalue weighted by Gasteiger charge is 2.65. The first-order chi connectivity index (χ1) is 15.9. The summed E-state index contributed by atoms with van der Waals surface area (Å²) in [5.74, 6) is -7.41. The Hall–Kier alpha value is -3.56. The number of benzene rings is 3. The predicted molar refractivity (Wildman–Crippen MR) is 119 cm³/mol. The van der Waals surface area contributed by atoms with Crippen molar-refractivity contribution >= 4 is 28.6 Å². The minimum atomic E-state index is -3.80. The van der Waals surface area contributed by atoms with Gasteiger partial charge in [0.25, 0.3) is 0 Å². The van der Waals surface area contributed by atoms with E-state index in [0.29, 0.717) is 5.52 Å². The molecule has 1 aliphatic carbocycles. The van der Waals surface area contributed by atoms with Gasteiger partial charge in [0.15, 0.2) is 5.60 Å². The average molecular weight is 489 g/mol. The molecule has 2 unspecified atom stereocenters. The zero-order valence-electron chi connectivity index (χ0n) is 17.4. The number of fused-ring (bicyclic) bond motifs is 2. The number of nitrogens with one attached hydrogen (secondary N) is 2. The van der Waals surface area contributed by atoms with Gasteiger partial charge in [0.1, 0.15) is 5.82 Å². The largest absolute Gasteiger partial charge is 0.478 e. The molecule has 4 N–H and O–H groups in total. The fraction of sp³-hybridized carbons (Fsp3) is 0.167. The van der Waals surface area contributed by atoms with Gasteiger partial charge >= 0.3 is 17.6 Å². The monoisotopic (exact) mass is 488 g/mol. The molecule has 1 heterocycles. The zero-order chi connectivity index (χ0) is 24.6. The molecule has 1 aromatic heterocycles. The Morgan fingerprint density at radius 3 is 2.41 bits per heavy atom. The molecule has 5 rings (SSSR count). The number of carboxylic acids is 1. The van der Waals surface area contributed by atoms with Gasteiger partial charge in [-0.25, -0.2) is 14.0 Å². The Bertz CT molecular complexity index is 1560. The Morgan fingerprint density at radius 1 is 1.03 bits per heavy atom. The van der Waals surface area contributed by atoms with Crippen LogP contribution in [0.4, 0.5) is 13.2 Å². The second-order valence-electron chi connectivity index (χ2n) is 8.32. The van der Waals surface area contributed by atoms with E-state index in [2.05, 4.69) is 9.97 Å². The number of aromatic amines is 2. The summed E-state index contributed by atoms with van der Waals surface area (Å²) < 4.78 is 46.0. The maximum Gasteiger partial charge on any atom is 0.338 e. The van der Waals surface area contributed by atoms with Crippen LogP contribution < -0.4 is 5.69 Å². The molecule has 34 heavy (non-hydrogen) atoms. The number of aromatic nitrogens is 2. The van der Waals surface area contributed by atoms with Gasteiger partial charge in [0.05, 0.1) is 16.6 Å². The number of aliphatic hydroxyl groups is 1. The first-order valence-electron chi connectivity index (χ1n) is 10.1. The van der Waals surface area contributed by atoms with Crippen molar-refractivity contribution in [3.63, 3.8) is 0 Å². The number of hydrogen-bond acceptors (Lipinski definition) is 3. The molecule has 3 aromatic carbocycles. The summed E-state index contributed by atoms with van der Waals surface area (Å²) >= 11 is 6.40. The number of hydrogen-bond donors (Lipinski definition) is 4. The summed E-state index contributed by atoms with van der Waals surface area (Å²) in [5.41, 5.74) is -3.38. The zero-order valence-corrected chi connectivity index (χ0v) is 18.2. The summed E-state index contributed by atoms with van der Waals surface area (Å²) in [6.45, 7) is 1.43. The van der Waals surface area contributed by atoms with Crippen molar-refractivity contribution < 1.29 is 28.2 Å². The minimum absolute atomic E-state index is 0.0446. The number of rotatable bonds is 3. The molecule has 0 saturated carbocycles. The molecule has 0 aliphatic heterocycles. The lowest BCUT2D eigenvalue weighted by molar-refractivity contribution is -0.192. The smallest absolute Gasteiger partial charge is 0.338 e. The second-order valence-corrected chi connectivity index (χ2v) is 8.73. The topological polar surface area (TPSA) is 106 Å². The molecule has 0 saturated heterocycles. The highest BCUT2D eigenvalue weighted by atomic mass is 35.5. The highest BCUT2D eigenvalue weighted by molar-refractivity contribution is 6.32. The van der Waals surface area contributed by atoms with Crippen LogP contribution in [0.3, 0.4) is 0 Å². The molecule has 0 radical (unpaired) electrons. The van der Waals surface area contributed by atoms with Gasteiger partial charge in [-0.05, 0) is 58.7 Å². The van der Waals surface area contributed by atoms with Gasteiger partial charge in [-0.3, -0.25) is 0 Å². The number of carbonyl (C=O) groups is 1. The van der Waals surface area contributed by atoms with Gasteiger partial charge in [0.2, 0.25) is 0 Å². The number of aromatic carboxylic acids is 1. The van der Waals surface area contributed by atoms with Crippen LogP contribution in [0.5, 0.6) is 0 Å². The summed E-state index contributed by atoms with van der Waals surface area (Å²) in [6, 6.07) is 9.80. The van der Waals surface area contributed by atoms with Crippen LogP contribution >= 0.6 is 11.6 Å². The molecule has 0 bridgehead atoms. The van der Waals surface area contributed by atoms with E-state index >= 15 is 8.78 Å². The van der Waals surface area contributed by atoms with E-state index in [0.717, 1.165) is 18.2 Å². The number of H-pyrrole nitrogens is 2. The van der Waals surface area contributed by atoms with E-state index in [1.807, 2.05) is 0 Å². The normalized spacial score (nSPS) is 21.1. The number of imidazole rings is 1. The predicted octanol–water partition coefficient (Wildman–Crippen LogP) is 5.11. The summed E-state index contributed by atoms with van der Waals surface area (Å²) in [4.78, 5) is 27.7. The van der Waals surface area contributed by atoms with Gasteiger partial charge in [-0.2, -0.15) is 8.78 Å². The van der Waals surface area contributed by atoms with E-state index in [4.69, 9.17) is 16.7 Å². The van der Waals surface area contributed by atoms with Crippen LogP contribution in [0.2, 0.25) is 5.02 Å². The highest BCUT2D eigenvalue weighted by Crippen LogP contribution is 2.62. The van der Waals surface area contributed by atoms with Crippen LogP contribution in [0.25, 0.3) is 22.2 Å². The fourth-order valence-corrected chi connectivity index (χ4v) is 5.12. The van der Waals surface area contributed by atoms with Gasteiger partial charge in [-0.1, -0.05) is 30.7 Å². The van der Waals surface area contributed by atoms with Crippen molar-refractivity contribution in [3.8, 4) is 11.1 Å². The van der Waals surface area contributed by atoms with Crippen molar-refractivity contribution in [1.82, 2.24) is 9.97 Å². The van der Waals surface area contributed by atoms with Crippen molar-refractivity contribution in [1.29, 1.82) is 0 Å².